The summed E-state index contributed by atoms with van der Waals surface area (Å²) in [6.07, 6.45) is 2.43. The Kier molecular flexibility index (Phi) is 7.12. The van der Waals surface area contributed by atoms with E-state index in [0.717, 1.165) is 43.3 Å². The lowest BCUT2D eigenvalue weighted by Crippen LogP contribution is -2.36. The Morgan fingerprint density at radius 2 is 2.07 bits per heavy atom. The number of aryl methyl sites for hydroxylation is 2. The maximum atomic E-state index is 6.08. The van der Waals surface area contributed by atoms with Crippen molar-refractivity contribution in [2.75, 3.05) is 20.3 Å². The number of thiophene rings is 1. The van der Waals surface area contributed by atoms with E-state index in [1.807, 2.05) is 0 Å². The van der Waals surface area contributed by atoms with Gasteiger partial charge in [0.15, 0.2) is 5.96 Å². The van der Waals surface area contributed by atoms with Crippen molar-refractivity contribution in [3.63, 3.8) is 0 Å². The lowest BCUT2D eigenvalue weighted by molar-refractivity contribution is 0.0676. The summed E-state index contributed by atoms with van der Waals surface area (Å²) < 4.78 is 11.7. The predicted molar refractivity (Wildman–Crippen MR) is 112 cm³/mol. The third-order valence-corrected chi connectivity index (χ3v) is 5.57. The van der Waals surface area contributed by atoms with Crippen molar-refractivity contribution in [1.82, 2.24) is 10.6 Å². The van der Waals surface area contributed by atoms with E-state index >= 15 is 0 Å². The molecular weight excluding hydrogens is 358 g/mol. The SMILES string of the molecule is CN=C(NCc1ccc(C)s1)NCc1ccc(C)cc1OCC1CCCO1. The second-order valence-corrected chi connectivity index (χ2v) is 8.22. The van der Waals surface area contributed by atoms with Crippen molar-refractivity contribution in [3.8, 4) is 5.75 Å². The van der Waals surface area contributed by atoms with E-state index in [-0.39, 0.29) is 6.10 Å². The number of nitrogens with one attached hydrogen (secondary N) is 2. The van der Waals surface area contributed by atoms with Gasteiger partial charge in [0, 0.05) is 35.5 Å². The van der Waals surface area contributed by atoms with Crippen LogP contribution in [0.1, 0.15) is 33.7 Å². The molecular formula is C21H29N3O2S. The molecule has 1 aliphatic heterocycles. The number of guanidine groups is 1. The van der Waals surface area contributed by atoms with E-state index in [2.05, 4.69) is 59.8 Å². The van der Waals surface area contributed by atoms with Crippen LogP contribution in [0.5, 0.6) is 5.75 Å². The number of hydrogen-bond donors (Lipinski definition) is 2. The zero-order chi connectivity index (χ0) is 19.1. The van der Waals surface area contributed by atoms with Crippen LogP contribution in [-0.4, -0.2) is 32.3 Å². The second kappa shape index (κ2) is 9.76. The van der Waals surface area contributed by atoms with E-state index < -0.39 is 0 Å². The molecule has 0 radical (unpaired) electrons. The molecule has 2 heterocycles. The van der Waals surface area contributed by atoms with Crippen LogP contribution in [0, 0.1) is 13.8 Å². The molecule has 1 aromatic carbocycles. The van der Waals surface area contributed by atoms with Crippen LogP contribution in [-0.2, 0) is 17.8 Å². The molecule has 0 spiro atoms. The minimum absolute atomic E-state index is 0.218. The first kappa shape index (κ1) is 19.7. The third-order valence-electron chi connectivity index (χ3n) is 4.57. The Bertz CT molecular complexity index is 767. The highest BCUT2D eigenvalue weighted by Gasteiger charge is 2.17. The van der Waals surface area contributed by atoms with E-state index in [0.29, 0.717) is 13.2 Å². The molecule has 1 aromatic heterocycles. The number of nitrogens with zero attached hydrogens (tertiary/aromatic N) is 1. The third kappa shape index (κ3) is 5.97. The van der Waals surface area contributed by atoms with Crippen molar-refractivity contribution in [3.05, 3.63) is 51.2 Å². The molecule has 1 saturated heterocycles. The summed E-state index contributed by atoms with van der Waals surface area (Å²) in [4.78, 5) is 6.94. The molecule has 2 N–H and O–H groups in total. The Balaban J connectivity index is 1.55. The summed E-state index contributed by atoms with van der Waals surface area (Å²) in [5, 5.41) is 6.75. The first-order chi connectivity index (χ1) is 13.1. The maximum absolute atomic E-state index is 6.08. The van der Waals surface area contributed by atoms with Crippen molar-refractivity contribution in [1.29, 1.82) is 0 Å². The molecule has 6 heteroatoms. The van der Waals surface area contributed by atoms with E-state index in [1.54, 1.807) is 18.4 Å². The lowest BCUT2D eigenvalue weighted by Gasteiger charge is -2.17. The van der Waals surface area contributed by atoms with Crippen LogP contribution in [0.15, 0.2) is 35.3 Å². The Morgan fingerprint density at radius 3 is 2.78 bits per heavy atom. The van der Waals surface area contributed by atoms with Gasteiger partial charge in [-0.1, -0.05) is 12.1 Å². The standard InChI is InChI=1S/C21H29N3O2S/c1-15-6-8-17(20(11-15)26-14-18-5-4-10-25-18)12-23-21(22-3)24-13-19-9-7-16(2)27-19/h6-9,11,18H,4-5,10,12-14H2,1-3H3,(H2,22,23,24). The van der Waals surface area contributed by atoms with Gasteiger partial charge in [-0.05, 0) is 50.5 Å². The summed E-state index contributed by atoms with van der Waals surface area (Å²) in [6.45, 7) is 7.10. The fourth-order valence-electron chi connectivity index (χ4n) is 3.05. The van der Waals surface area contributed by atoms with Gasteiger partial charge in [-0.2, -0.15) is 0 Å². The topological polar surface area (TPSA) is 54.9 Å². The molecule has 0 aliphatic carbocycles. The molecule has 27 heavy (non-hydrogen) atoms. The largest absolute Gasteiger partial charge is 0.491 e. The van der Waals surface area contributed by atoms with Gasteiger partial charge < -0.3 is 20.1 Å². The maximum Gasteiger partial charge on any atom is 0.191 e. The van der Waals surface area contributed by atoms with Gasteiger partial charge in [-0.15, -0.1) is 11.3 Å². The highest BCUT2D eigenvalue weighted by Crippen LogP contribution is 2.22. The molecule has 0 bridgehead atoms. The molecule has 146 valence electrons. The molecule has 1 unspecified atom stereocenters. The predicted octanol–water partition coefficient (Wildman–Crippen LogP) is 3.79. The monoisotopic (exact) mass is 387 g/mol. The van der Waals surface area contributed by atoms with Crippen molar-refractivity contribution < 1.29 is 9.47 Å². The summed E-state index contributed by atoms with van der Waals surface area (Å²) in [5.74, 6) is 1.70. The minimum Gasteiger partial charge on any atom is -0.491 e. The van der Waals surface area contributed by atoms with Crippen LogP contribution >= 0.6 is 11.3 Å². The highest BCUT2D eigenvalue weighted by molar-refractivity contribution is 7.11. The van der Waals surface area contributed by atoms with E-state index in [1.165, 1.54) is 15.3 Å². The average molecular weight is 388 g/mol. The molecule has 0 saturated carbocycles. The van der Waals surface area contributed by atoms with Crippen molar-refractivity contribution in [2.24, 2.45) is 4.99 Å². The molecule has 5 nitrogen and oxygen atoms in total. The van der Waals surface area contributed by atoms with Crippen LogP contribution in [0.25, 0.3) is 0 Å². The summed E-state index contributed by atoms with van der Waals surface area (Å²) in [7, 11) is 1.79. The summed E-state index contributed by atoms with van der Waals surface area (Å²) in [6, 6.07) is 10.6. The van der Waals surface area contributed by atoms with E-state index in [4.69, 9.17) is 9.47 Å². The average Bonchev–Trinajstić information content (AvgIpc) is 3.33. The molecule has 0 amide bonds. The fourth-order valence-corrected chi connectivity index (χ4v) is 3.88. The minimum atomic E-state index is 0.218. The fraction of sp³-hybridized carbons (Fsp3) is 0.476. The van der Waals surface area contributed by atoms with Crippen molar-refractivity contribution >= 4 is 17.3 Å². The Labute approximate surface area is 165 Å². The zero-order valence-electron chi connectivity index (χ0n) is 16.4. The van der Waals surface area contributed by atoms with E-state index in [9.17, 15) is 0 Å². The second-order valence-electron chi connectivity index (χ2n) is 6.85. The van der Waals surface area contributed by atoms with Gasteiger partial charge in [0.25, 0.3) is 0 Å². The van der Waals surface area contributed by atoms with Gasteiger partial charge in [0.1, 0.15) is 12.4 Å². The number of rotatable bonds is 7. The zero-order valence-corrected chi connectivity index (χ0v) is 17.2. The normalized spacial score (nSPS) is 17.1. The number of hydrogen-bond acceptors (Lipinski definition) is 4. The highest BCUT2D eigenvalue weighted by atomic mass is 32.1. The number of aliphatic imine (C=N–C) groups is 1. The van der Waals surface area contributed by atoms with Crippen LogP contribution in [0.2, 0.25) is 0 Å². The Hall–Kier alpha value is -2.05. The molecule has 1 fully saturated rings. The van der Waals surface area contributed by atoms with Crippen LogP contribution in [0.3, 0.4) is 0 Å². The quantitative estimate of drug-likeness (QED) is 0.561. The first-order valence-corrected chi connectivity index (χ1v) is 10.3. The van der Waals surface area contributed by atoms with Crippen LogP contribution < -0.4 is 15.4 Å². The molecule has 2 aromatic rings. The van der Waals surface area contributed by atoms with Gasteiger partial charge in [-0.3, -0.25) is 4.99 Å². The molecule has 3 rings (SSSR count). The Morgan fingerprint density at radius 1 is 1.22 bits per heavy atom. The number of benzene rings is 1. The molecule has 1 atom stereocenters. The van der Waals surface area contributed by atoms with Crippen molar-refractivity contribution in [2.45, 2.75) is 45.9 Å². The lowest BCUT2D eigenvalue weighted by atomic mass is 10.1. The van der Waals surface area contributed by atoms with Gasteiger partial charge in [0.2, 0.25) is 0 Å². The first-order valence-electron chi connectivity index (χ1n) is 9.48. The molecule has 1 aliphatic rings. The van der Waals surface area contributed by atoms with Gasteiger partial charge in [-0.25, -0.2) is 0 Å². The number of ether oxygens (including phenoxy) is 2. The summed E-state index contributed by atoms with van der Waals surface area (Å²) >= 11 is 1.80. The smallest absolute Gasteiger partial charge is 0.191 e. The van der Waals surface area contributed by atoms with Gasteiger partial charge in [0.05, 0.1) is 12.6 Å². The van der Waals surface area contributed by atoms with Crippen LogP contribution in [0.4, 0.5) is 0 Å². The van der Waals surface area contributed by atoms with Gasteiger partial charge >= 0.3 is 0 Å². The summed E-state index contributed by atoms with van der Waals surface area (Å²) in [5.41, 5.74) is 2.31.